The summed E-state index contributed by atoms with van der Waals surface area (Å²) in [6, 6.07) is 3.64. The molecule has 0 saturated carbocycles. The molecule has 0 aromatic heterocycles. The molecule has 1 aromatic carbocycles. The van der Waals surface area contributed by atoms with Crippen molar-refractivity contribution in [2.45, 2.75) is 26.3 Å². The summed E-state index contributed by atoms with van der Waals surface area (Å²) in [7, 11) is 0. The molecule has 1 heterocycles. The molecule has 1 fully saturated rings. The molecule has 5 heteroatoms. The van der Waals surface area contributed by atoms with E-state index in [1.54, 1.807) is 4.90 Å². The van der Waals surface area contributed by atoms with Gasteiger partial charge in [0.05, 0.1) is 5.56 Å². The Morgan fingerprint density at radius 2 is 1.80 bits per heavy atom. The van der Waals surface area contributed by atoms with E-state index in [0.29, 0.717) is 13.1 Å². The summed E-state index contributed by atoms with van der Waals surface area (Å²) < 4.78 is 13.7. The fourth-order valence-corrected chi connectivity index (χ4v) is 2.43. The number of rotatable bonds is 1. The Morgan fingerprint density at radius 1 is 1.20 bits per heavy atom. The van der Waals surface area contributed by atoms with Crippen LogP contribution < -0.4 is 0 Å². The van der Waals surface area contributed by atoms with Gasteiger partial charge in [-0.05, 0) is 32.9 Å². The van der Waals surface area contributed by atoms with Crippen LogP contribution >= 0.6 is 0 Å². The van der Waals surface area contributed by atoms with Crippen LogP contribution in [0.1, 0.15) is 31.1 Å². The molecule has 4 nitrogen and oxygen atoms in total. The van der Waals surface area contributed by atoms with E-state index in [4.69, 9.17) is 0 Å². The number of carbonyl (C=O) groups excluding carboxylic acids is 1. The molecule has 0 bridgehead atoms. The number of phenols is 1. The maximum Gasteiger partial charge on any atom is 0.256 e. The van der Waals surface area contributed by atoms with Crippen LogP contribution in [0.2, 0.25) is 0 Å². The summed E-state index contributed by atoms with van der Waals surface area (Å²) >= 11 is 0. The number of halogens is 1. The van der Waals surface area contributed by atoms with E-state index in [2.05, 4.69) is 25.7 Å². The lowest BCUT2D eigenvalue weighted by Gasteiger charge is -2.42. The predicted molar refractivity (Wildman–Crippen MR) is 75.3 cm³/mol. The Labute approximate surface area is 118 Å². The Balaban J connectivity index is 2.05. The van der Waals surface area contributed by atoms with Gasteiger partial charge >= 0.3 is 0 Å². The van der Waals surface area contributed by atoms with Gasteiger partial charge in [-0.25, -0.2) is 4.39 Å². The topological polar surface area (TPSA) is 43.8 Å². The number of hydrogen-bond donors (Lipinski definition) is 1. The number of phenolic OH excluding ortho intramolecular Hbond substituents is 1. The predicted octanol–water partition coefficient (Wildman–Crippen LogP) is 2.09. The summed E-state index contributed by atoms with van der Waals surface area (Å²) in [4.78, 5) is 16.2. The number of nitrogens with zero attached hydrogens (tertiary/aromatic N) is 2. The average molecular weight is 280 g/mol. The zero-order valence-corrected chi connectivity index (χ0v) is 12.2. The number of amides is 1. The monoisotopic (exact) mass is 280 g/mol. The first-order valence-electron chi connectivity index (χ1n) is 6.82. The third-order valence-electron chi connectivity index (χ3n) is 3.70. The van der Waals surface area contributed by atoms with Crippen molar-refractivity contribution in [3.63, 3.8) is 0 Å². The van der Waals surface area contributed by atoms with Gasteiger partial charge in [0.25, 0.3) is 5.91 Å². The molecule has 1 aliphatic heterocycles. The highest BCUT2D eigenvalue weighted by molar-refractivity contribution is 5.94. The number of benzene rings is 1. The zero-order valence-electron chi connectivity index (χ0n) is 12.2. The third-order valence-corrected chi connectivity index (χ3v) is 3.70. The van der Waals surface area contributed by atoms with Crippen molar-refractivity contribution in [1.29, 1.82) is 0 Å². The lowest BCUT2D eigenvalue weighted by Crippen LogP contribution is -2.54. The first-order chi connectivity index (χ1) is 9.29. The van der Waals surface area contributed by atoms with Crippen LogP contribution in [-0.4, -0.2) is 52.5 Å². The smallest absolute Gasteiger partial charge is 0.256 e. The van der Waals surface area contributed by atoms with E-state index in [-0.39, 0.29) is 22.8 Å². The van der Waals surface area contributed by atoms with Crippen molar-refractivity contribution in [3.05, 3.63) is 29.6 Å². The second-order valence-corrected chi connectivity index (χ2v) is 6.11. The summed E-state index contributed by atoms with van der Waals surface area (Å²) in [5.41, 5.74) is 0.103. The Morgan fingerprint density at radius 3 is 2.30 bits per heavy atom. The van der Waals surface area contributed by atoms with Gasteiger partial charge in [-0.2, -0.15) is 0 Å². The number of hydrogen-bond acceptors (Lipinski definition) is 3. The van der Waals surface area contributed by atoms with E-state index in [1.165, 1.54) is 12.1 Å². The highest BCUT2D eigenvalue weighted by atomic mass is 19.1. The summed E-state index contributed by atoms with van der Waals surface area (Å²) in [5.74, 6) is -1.15. The lowest BCUT2D eigenvalue weighted by atomic mass is 10.0. The lowest BCUT2D eigenvalue weighted by molar-refractivity contribution is 0.0447. The van der Waals surface area contributed by atoms with Gasteiger partial charge in [0.1, 0.15) is 11.6 Å². The van der Waals surface area contributed by atoms with Crippen LogP contribution in [0.5, 0.6) is 5.75 Å². The number of aromatic hydroxyl groups is 1. The fourth-order valence-electron chi connectivity index (χ4n) is 2.43. The molecule has 2 rings (SSSR count). The molecular weight excluding hydrogens is 259 g/mol. The van der Waals surface area contributed by atoms with E-state index in [9.17, 15) is 14.3 Å². The highest BCUT2D eigenvalue weighted by Gasteiger charge is 2.29. The summed E-state index contributed by atoms with van der Waals surface area (Å²) in [6.45, 7) is 9.19. The molecule has 0 unspecified atom stereocenters. The molecule has 1 N–H and O–H groups in total. The molecule has 0 spiro atoms. The van der Waals surface area contributed by atoms with E-state index in [1.807, 2.05) is 0 Å². The molecule has 1 amide bonds. The number of carbonyl (C=O) groups is 1. The van der Waals surface area contributed by atoms with Gasteiger partial charge < -0.3 is 10.0 Å². The fraction of sp³-hybridized carbons (Fsp3) is 0.533. The van der Waals surface area contributed by atoms with Crippen molar-refractivity contribution >= 4 is 5.91 Å². The van der Waals surface area contributed by atoms with Crippen LogP contribution in [0.4, 0.5) is 4.39 Å². The molecule has 110 valence electrons. The van der Waals surface area contributed by atoms with Crippen molar-refractivity contribution in [2.24, 2.45) is 0 Å². The minimum absolute atomic E-state index is 0.0204. The van der Waals surface area contributed by atoms with Gasteiger partial charge in [-0.3, -0.25) is 9.69 Å². The molecule has 0 atom stereocenters. The second-order valence-electron chi connectivity index (χ2n) is 6.11. The maximum absolute atomic E-state index is 13.7. The van der Waals surface area contributed by atoms with E-state index >= 15 is 0 Å². The van der Waals surface area contributed by atoms with Gasteiger partial charge in [0, 0.05) is 37.8 Å². The van der Waals surface area contributed by atoms with Crippen LogP contribution in [0.3, 0.4) is 0 Å². The second kappa shape index (κ2) is 5.40. The Bertz CT molecular complexity index is 503. The molecule has 0 aliphatic carbocycles. The van der Waals surface area contributed by atoms with Crippen molar-refractivity contribution in [2.75, 3.05) is 26.2 Å². The van der Waals surface area contributed by atoms with Gasteiger partial charge in [-0.15, -0.1) is 0 Å². The molecule has 0 radical (unpaired) electrons. The zero-order chi connectivity index (χ0) is 14.9. The van der Waals surface area contributed by atoms with Gasteiger partial charge in [0.15, 0.2) is 0 Å². The van der Waals surface area contributed by atoms with Crippen LogP contribution in [0.15, 0.2) is 18.2 Å². The van der Waals surface area contributed by atoms with Crippen molar-refractivity contribution < 1.29 is 14.3 Å². The summed E-state index contributed by atoms with van der Waals surface area (Å²) in [6.07, 6.45) is 0. The maximum atomic E-state index is 13.7. The quantitative estimate of drug-likeness (QED) is 0.856. The van der Waals surface area contributed by atoms with Gasteiger partial charge in [-0.1, -0.05) is 0 Å². The highest BCUT2D eigenvalue weighted by Crippen LogP contribution is 2.20. The molecule has 1 saturated heterocycles. The van der Waals surface area contributed by atoms with Crippen LogP contribution in [-0.2, 0) is 0 Å². The molecule has 20 heavy (non-hydrogen) atoms. The standard InChI is InChI=1S/C15H21FN2O2/c1-15(2,3)18-8-6-17(7-9-18)14(20)12-5-4-11(19)10-13(12)16/h4-5,10,19H,6-9H2,1-3H3. The largest absolute Gasteiger partial charge is 0.508 e. The van der Waals surface area contributed by atoms with Crippen LogP contribution in [0.25, 0.3) is 0 Å². The van der Waals surface area contributed by atoms with Crippen LogP contribution in [0, 0.1) is 5.82 Å². The number of piperazine rings is 1. The average Bonchev–Trinajstić information content (AvgIpc) is 2.37. The SMILES string of the molecule is CC(C)(C)N1CCN(C(=O)c2ccc(O)cc2F)CC1. The molecule has 1 aromatic rings. The van der Waals surface area contributed by atoms with Gasteiger partial charge in [0.2, 0.25) is 0 Å². The summed E-state index contributed by atoms with van der Waals surface area (Å²) in [5, 5.41) is 9.18. The normalized spacial score (nSPS) is 17.3. The molecule has 1 aliphatic rings. The van der Waals surface area contributed by atoms with E-state index < -0.39 is 5.82 Å². The van der Waals surface area contributed by atoms with Crippen molar-refractivity contribution in [3.8, 4) is 5.75 Å². The Hall–Kier alpha value is -1.62. The first-order valence-corrected chi connectivity index (χ1v) is 6.82. The minimum Gasteiger partial charge on any atom is -0.508 e. The molecular formula is C15H21FN2O2. The first kappa shape index (κ1) is 14.8. The van der Waals surface area contributed by atoms with E-state index in [0.717, 1.165) is 19.2 Å². The van der Waals surface area contributed by atoms with Crippen molar-refractivity contribution in [1.82, 2.24) is 9.80 Å². The third kappa shape index (κ3) is 3.10. The minimum atomic E-state index is -0.673. The Kier molecular flexibility index (Phi) is 3.99.